The monoisotopic (exact) mass is 1370 g/mol. The smallest absolute Gasteiger partial charge is 0.194 e. The number of allylic oxidation sites excluding steroid dienone is 7. The molecule has 5 aromatic heterocycles. The van der Waals surface area contributed by atoms with E-state index in [9.17, 15) is 30.6 Å². The van der Waals surface area contributed by atoms with Crippen molar-refractivity contribution >= 4 is 138 Å². The number of thioether (sulfide) groups is 1. The van der Waals surface area contributed by atoms with Gasteiger partial charge >= 0.3 is 0 Å². The van der Waals surface area contributed by atoms with Gasteiger partial charge in [0.25, 0.3) is 0 Å². The Labute approximate surface area is 586 Å². The fourth-order valence-electron chi connectivity index (χ4n) is 15.5. The molecule has 0 N–H and O–H groups in total. The SMILES string of the molecule is Cc1ccc(C2(c3ccc(C)cc3)c3cc4c(cc3-c3cc5cc(-c6nc7sc(/C=C8\C(=O)c9ccccc9C8=C(C#N)C#N)nc7s6)sc5cc32)C(c2ccc(C)cc2)(c2ccc(C)cc2)C2C=C(c3nc5sc(/C=C6\C(=O)c7ccccc7C6=C(C#N)C#N)nc5s3)SC42)cc1. The normalized spacial score (nSPS) is 17.4. The number of Topliss-reactive ketones (excluding diaryl/α,β-unsaturated/α-hetero) is 2. The third-order valence-electron chi connectivity index (χ3n) is 19.9. The molecule has 8 aromatic carbocycles. The quantitative estimate of drug-likeness (QED) is 0.104. The predicted octanol–water partition coefficient (Wildman–Crippen LogP) is 20.3. The number of thiophene rings is 1. The van der Waals surface area contributed by atoms with Gasteiger partial charge in [-0.15, -0.1) is 23.1 Å². The first-order chi connectivity index (χ1) is 47.8. The van der Waals surface area contributed by atoms with Crippen molar-refractivity contribution in [3.8, 4) is 45.3 Å². The number of rotatable bonds is 8. The van der Waals surface area contributed by atoms with Gasteiger partial charge in [-0.25, -0.2) is 19.9 Å². The molecule has 10 nitrogen and oxygen atoms in total. The lowest BCUT2D eigenvalue weighted by Crippen LogP contribution is -2.34. The number of ketones is 2. The third kappa shape index (κ3) is 8.70. The van der Waals surface area contributed by atoms with E-state index in [1.54, 1.807) is 83.4 Å². The molecule has 462 valence electrons. The van der Waals surface area contributed by atoms with E-state index in [4.69, 9.17) is 19.9 Å². The molecular weight excluding hydrogens is 1320 g/mol. The summed E-state index contributed by atoms with van der Waals surface area (Å²) in [4.78, 5) is 53.5. The van der Waals surface area contributed by atoms with Gasteiger partial charge in [0, 0.05) is 54.2 Å². The van der Waals surface area contributed by atoms with Crippen LogP contribution in [-0.4, -0.2) is 31.5 Å². The minimum Gasteiger partial charge on any atom is -0.289 e. The summed E-state index contributed by atoms with van der Waals surface area (Å²) in [5, 5.41) is 44.0. The highest BCUT2D eigenvalue weighted by atomic mass is 32.2. The van der Waals surface area contributed by atoms with Crippen molar-refractivity contribution in [2.75, 3.05) is 0 Å². The zero-order chi connectivity index (χ0) is 66.6. The lowest BCUT2D eigenvalue weighted by molar-refractivity contribution is 0.103. The van der Waals surface area contributed by atoms with Crippen molar-refractivity contribution in [1.82, 2.24) is 19.9 Å². The fourth-order valence-corrected chi connectivity index (χ4v) is 22.2. The van der Waals surface area contributed by atoms with Crippen molar-refractivity contribution in [3.05, 3.63) is 308 Å². The standard InChI is InChI=1S/C82H46N8O2S6/c1-41-13-21-48(22-14-41)81(49-23-15-42(2)16-24-49)61-32-58-62(31-57(61)56-29-45-30-66(93-65(45)35-63(56)81)75-89-79-77(97-75)87-68(95-79)33-59-70(46(37-83)38-84)52-9-5-7-11-54(52)72(59)91)82(50-25-17-43(3)18-26-50,51-27-19-44(4)20-28-51)64-36-67(94-74(58)64)76-90-80-78(98-76)88-69(96-80)34-60-71(47(39-85)40-86)53-10-6-8-12-55(53)73(60)92/h5-36,64,74H,1-4H3/b59-33-,60-34-. The first-order valence-corrected chi connectivity index (χ1v) is 36.5. The van der Waals surface area contributed by atoms with E-state index in [-0.39, 0.29) is 45.0 Å². The zero-order valence-electron chi connectivity index (χ0n) is 52.5. The van der Waals surface area contributed by atoms with E-state index >= 15 is 0 Å². The molecule has 0 fully saturated rings. The summed E-state index contributed by atoms with van der Waals surface area (Å²) >= 11 is 9.44. The van der Waals surface area contributed by atoms with E-state index < -0.39 is 10.8 Å². The Balaban J connectivity index is 0.796. The summed E-state index contributed by atoms with van der Waals surface area (Å²) in [6.45, 7) is 8.59. The largest absolute Gasteiger partial charge is 0.289 e. The van der Waals surface area contributed by atoms with Gasteiger partial charge in [0.05, 0.1) is 15.7 Å². The lowest BCUT2D eigenvalue weighted by atomic mass is 9.64. The number of aryl methyl sites for hydroxylation is 4. The van der Waals surface area contributed by atoms with Gasteiger partial charge in [-0.05, 0) is 136 Å². The highest BCUT2D eigenvalue weighted by Gasteiger charge is 2.58. The molecule has 0 saturated carbocycles. The number of thiazole rings is 4. The number of nitrogens with zero attached hydrogens (tertiary/aromatic N) is 8. The molecule has 0 bridgehead atoms. The number of carbonyl (C=O) groups is 2. The number of hydrogen-bond acceptors (Lipinski definition) is 16. The van der Waals surface area contributed by atoms with E-state index in [1.165, 1.54) is 112 Å². The molecule has 0 saturated heterocycles. The maximum atomic E-state index is 13.9. The molecule has 0 spiro atoms. The van der Waals surface area contributed by atoms with Gasteiger partial charge < -0.3 is 0 Å². The van der Waals surface area contributed by atoms with Crippen LogP contribution in [0.3, 0.4) is 0 Å². The van der Waals surface area contributed by atoms with Crippen LogP contribution in [0.4, 0.5) is 0 Å². The van der Waals surface area contributed by atoms with Crippen molar-refractivity contribution in [3.63, 3.8) is 0 Å². The number of benzene rings is 8. The van der Waals surface area contributed by atoms with E-state index in [0.29, 0.717) is 43.4 Å². The van der Waals surface area contributed by atoms with Crippen LogP contribution in [0.25, 0.3) is 78.6 Å². The summed E-state index contributed by atoms with van der Waals surface area (Å²) < 4.78 is 1.13. The molecule has 0 radical (unpaired) electrons. The third-order valence-corrected chi connectivity index (χ3v) is 26.6. The number of fused-ring (bicyclic) bond motifs is 11. The van der Waals surface area contributed by atoms with Crippen molar-refractivity contribution < 1.29 is 9.59 Å². The fraction of sp³-hybridized carbons (Fsp3) is 0.0976. The average Bonchev–Trinajstić information content (AvgIpc) is 1.50. The highest BCUT2D eigenvalue weighted by Crippen LogP contribution is 2.70. The van der Waals surface area contributed by atoms with Gasteiger partial charge in [-0.2, -0.15) is 21.0 Å². The van der Waals surface area contributed by atoms with Crippen LogP contribution in [0, 0.1) is 78.9 Å². The number of aromatic nitrogens is 4. The molecule has 98 heavy (non-hydrogen) atoms. The Morgan fingerprint density at radius 1 is 0.449 bits per heavy atom. The topological polar surface area (TPSA) is 181 Å². The molecule has 1 aliphatic heterocycles. The van der Waals surface area contributed by atoms with Gasteiger partial charge in [0.1, 0.15) is 55.5 Å². The summed E-state index contributed by atoms with van der Waals surface area (Å²) in [6.07, 6.45) is 5.89. The van der Waals surface area contributed by atoms with Gasteiger partial charge in [0.2, 0.25) is 0 Å². The number of nitriles is 4. The second kappa shape index (κ2) is 22.3. The molecule has 2 atom stereocenters. The van der Waals surface area contributed by atoms with Crippen molar-refractivity contribution in [2.45, 2.75) is 43.8 Å². The summed E-state index contributed by atoms with van der Waals surface area (Å²) in [6, 6.07) is 71.1. The average molecular weight is 1370 g/mol. The second-order valence-electron chi connectivity index (χ2n) is 25.3. The maximum Gasteiger partial charge on any atom is 0.194 e. The minimum absolute atomic E-state index is 0.0342. The Bertz CT molecular complexity index is 5930. The Hall–Kier alpha value is -10.9. The predicted molar refractivity (Wildman–Crippen MR) is 396 cm³/mol. The van der Waals surface area contributed by atoms with E-state index in [0.717, 1.165) is 49.2 Å². The molecular formula is C82H46N8O2S6. The molecule has 2 unspecified atom stereocenters. The van der Waals surface area contributed by atoms with Crippen LogP contribution in [0.2, 0.25) is 0 Å². The summed E-state index contributed by atoms with van der Waals surface area (Å²) in [5.74, 6) is -0.552. The Morgan fingerprint density at radius 3 is 1.38 bits per heavy atom. The second-order valence-corrected chi connectivity index (χ2v) is 31.6. The molecule has 4 aliphatic carbocycles. The van der Waals surface area contributed by atoms with Crippen LogP contribution in [0.1, 0.15) is 119 Å². The van der Waals surface area contributed by atoms with Crippen molar-refractivity contribution in [2.24, 2.45) is 5.92 Å². The maximum absolute atomic E-state index is 13.9. The molecule has 5 aliphatic rings. The summed E-state index contributed by atoms with van der Waals surface area (Å²) in [7, 11) is 0. The first kappa shape index (κ1) is 59.6. The van der Waals surface area contributed by atoms with Crippen LogP contribution >= 0.6 is 68.4 Å². The molecule has 0 amide bonds. The van der Waals surface area contributed by atoms with Crippen LogP contribution in [0.15, 0.2) is 204 Å². The van der Waals surface area contributed by atoms with Gasteiger partial charge in [-0.1, -0.05) is 225 Å². The lowest BCUT2D eigenvalue weighted by Gasteiger charge is -2.37. The Kier molecular flexibility index (Phi) is 13.6. The molecule has 16 heteroatoms. The van der Waals surface area contributed by atoms with Crippen LogP contribution in [-0.2, 0) is 10.8 Å². The van der Waals surface area contributed by atoms with E-state index in [1.807, 2.05) is 36.0 Å². The Morgan fingerprint density at radius 2 is 0.888 bits per heavy atom. The summed E-state index contributed by atoms with van der Waals surface area (Å²) in [5.41, 5.74) is 18.4. The molecule has 13 aromatic rings. The molecule has 6 heterocycles. The van der Waals surface area contributed by atoms with Crippen LogP contribution in [0.5, 0.6) is 0 Å². The zero-order valence-corrected chi connectivity index (χ0v) is 57.4. The van der Waals surface area contributed by atoms with Crippen molar-refractivity contribution in [1.29, 1.82) is 21.0 Å². The molecule has 18 rings (SSSR count). The first-order valence-electron chi connectivity index (χ1n) is 31.6. The number of carbonyl (C=O) groups excluding carboxylic acids is 2. The van der Waals surface area contributed by atoms with Gasteiger partial charge in [0.15, 0.2) is 30.9 Å². The van der Waals surface area contributed by atoms with Crippen LogP contribution < -0.4 is 0 Å². The van der Waals surface area contributed by atoms with E-state index in [2.05, 4.69) is 161 Å². The highest BCUT2D eigenvalue weighted by molar-refractivity contribution is 8.09. The van der Waals surface area contributed by atoms with Gasteiger partial charge in [-0.3, -0.25) is 9.59 Å². The number of hydrogen-bond donors (Lipinski definition) is 0. The minimum atomic E-state index is -0.754.